The third-order valence-electron chi connectivity index (χ3n) is 5.05. The monoisotopic (exact) mass is 383 g/mol. The van der Waals surface area contributed by atoms with Crippen molar-refractivity contribution in [1.82, 2.24) is 4.90 Å². The molecule has 1 fully saturated rings. The van der Waals surface area contributed by atoms with E-state index in [2.05, 4.69) is 0 Å². The van der Waals surface area contributed by atoms with E-state index in [-0.39, 0.29) is 12.7 Å². The number of rotatable bonds is 9. The Morgan fingerprint density at radius 3 is 2.14 bits per heavy atom. The minimum atomic E-state index is -0.936. The first kappa shape index (κ1) is 20.5. The molecule has 0 aromatic heterocycles. The number of benzene rings is 2. The summed E-state index contributed by atoms with van der Waals surface area (Å²) in [7, 11) is 0. The van der Waals surface area contributed by atoms with Gasteiger partial charge >= 0.3 is 5.97 Å². The first-order valence-corrected chi connectivity index (χ1v) is 9.97. The van der Waals surface area contributed by atoms with Crippen molar-refractivity contribution in [1.29, 1.82) is 0 Å². The van der Waals surface area contributed by atoms with E-state index in [1.54, 1.807) is 6.92 Å². The molecule has 1 aliphatic heterocycles. The lowest BCUT2D eigenvalue weighted by Gasteiger charge is -2.35. The van der Waals surface area contributed by atoms with Crippen LogP contribution in [0, 0.1) is 0 Å². The third kappa shape index (κ3) is 5.41. The van der Waals surface area contributed by atoms with Crippen molar-refractivity contribution in [2.24, 2.45) is 0 Å². The lowest BCUT2D eigenvalue weighted by Crippen LogP contribution is -2.53. The standard InChI is InChI=1S/C23H29NO4/c1-2-27-23(26)21(22(25)20-14-9-15-28-20)24(16-18-10-5-3-6-11-18)17-19-12-7-4-8-13-19/h3-8,10-13,20-22,25H,2,9,14-17H2,1H3/t20-,21+,22+/m0/s1. The molecule has 28 heavy (non-hydrogen) atoms. The highest BCUT2D eigenvalue weighted by Crippen LogP contribution is 2.24. The number of nitrogens with zero attached hydrogens (tertiary/aromatic N) is 1. The zero-order valence-corrected chi connectivity index (χ0v) is 16.4. The van der Waals surface area contributed by atoms with Gasteiger partial charge in [0.25, 0.3) is 0 Å². The zero-order valence-electron chi connectivity index (χ0n) is 16.4. The molecule has 0 amide bonds. The van der Waals surface area contributed by atoms with Gasteiger partial charge in [0.15, 0.2) is 0 Å². The topological polar surface area (TPSA) is 59.0 Å². The summed E-state index contributed by atoms with van der Waals surface area (Å²) < 4.78 is 11.0. The van der Waals surface area contributed by atoms with Crippen LogP contribution in [-0.4, -0.2) is 47.4 Å². The predicted molar refractivity (Wildman–Crippen MR) is 108 cm³/mol. The molecule has 1 N–H and O–H groups in total. The largest absolute Gasteiger partial charge is 0.465 e. The molecule has 5 heteroatoms. The number of hydrogen-bond donors (Lipinski definition) is 1. The lowest BCUT2D eigenvalue weighted by atomic mass is 10.00. The second-order valence-corrected chi connectivity index (χ2v) is 7.12. The Hall–Kier alpha value is -2.21. The van der Waals surface area contributed by atoms with E-state index in [1.807, 2.05) is 65.6 Å². The molecule has 2 aromatic rings. The average Bonchev–Trinajstić information content (AvgIpc) is 3.25. The average molecular weight is 383 g/mol. The fraction of sp³-hybridized carbons (Fsp3) is 0.435. The van der Waals surface area contributed by atoms with Crippen LogP contribution in [0.15, 0.2) is 60.7 Å². The van der Waals surface area contributed by atoms with E-state index >= 15 is 0 Å². The number of aliphatic hydroxyl groups is 1. The van der Waals surface area contributed by atoms with Gasteiger partial charge in [0.2, 0.25) is 0 Å². The van der Waals surface area contributed by atoms with E-state index in [9.17, 15) is 9.90 Å². The molecule has 0 unspecified atom stereocenters. The minimum absolute atomic E-state index is 0.276. The number of esters is 1. The summed E-state index contributed by atoms with van der Waals surface area (Å²) in [6, 6.07) is 19.2. The number of aliphatic hydroxyl groups excluding tert-OH is 1. The molecule has 150 valence electrons. The van der Waals surface area contributed by atoms with Gasteiger partial charge in [-0.3, -0.25) is 9.69 Å². The molecule has 1 heterocycles. The number of hydrogen-bond acceptors (Lipinski definition) is 5. The van der Waals surface area contributed by atoms with Gasteiger partial charge in [-0.1, -0.05) is 60.7 Å². The molecule has 0 aliphatic carbocycles. The van der Waals surface area contributed by atoms with E-state index in [0.717, 1.165) is 24.0 Å². The second kappa shape index (κ2) is 10.4. The Morgan fingerprint density at radius 1 is 1.11 bits per heavy atom. The van der Waals surface area contributed by atoms with Crippen molar-refractivity contribution in [3.05, 3.63) is 71.8 Å². The molecule has 1 saturated heterocycles. The fourth-order valence-corrected chi connectivity index (χ4v) is 3.70. The van der Waals surface area contributed by atoms with E-state index < -0.39 is 18.1 Å². The molecule has 0 spiro atoms. The lowest BCUT2D eigenvalue weighted by molar-refractivity contribution is -0.159. The summed E-state index contributed by atoms with van der Waals surface area (Å²) in [4.78, 5) is 14.9. The maximum absolute atomic E-state index is 12.9. The van der Waals surface area contributed by atoms with Crippen molar-refractivity contribution >= 4 is 5.97 Å². The predicted octanol–water partition coefficient (Wildman–Crippen LogP) is 3.16. The number of carbonyl (C=O) groups is 1. The van der Waals surface area contributed by atoms with Crippen LogP contribution in [0.1, 0.15) is 30.9 Å². The molecule has 3 atom stereocenters. The SMILES string of the molecule is CCOC(=O)[C@@H]([C@H](O)[C@@H]1CCCO1)N(Cc1ccccc1)Cc1ccccc1. The highest BCUT2D eigenvalue weighted by Gasteiger charge is 2.40. The Morgan fingerprint density at radius 2 is 1.68 bits per heavy atom. The summed E-state index contributed by atoms with van der Waals surface area (Å²) >= 11 is 0. The first-order chi connectivity index (χ1) is 13.7. The second-order valence-electron chi connectivity index (χ2n) is 7.12. The van der Waals surface area contributed by atoms with Crippen LogP contribution < -0.4 is 0 Å². The maximum Gasteiger partial charge on any atom is 0.326 e. The van der Waals surface area contributed by atoms with Gasteiger partial charge in [-0.2, -0.15) is 0 Å². The van der Waals surface area contributed by atoms with E-state index in [1.165, 1.54) is 0 Å². The summed E-state index contributed by atoms with van der Waals surface area (Å²) in [6.07, 6.45) is 0.369. The first-order valence-electron chi connectivity index (χ1n) is 9.97. The minimum Gasteiger partial charge on any atom is -0.465 e. The summed E-state index contributed by atoms with van der Waals surface area (Å²) in [6.45, 7) is 3.74. The van der Waals surface area contributed by atoms with Crippen LogP contribution in [0.2, 0.25) is 0 Å². The molecular weight excluding hydrogens is 354 g/mol. The highest BCUT2D eigenvalue weighted by molar-refractivity contribution is 5.76. The van der Waals surface area contributed by atoms with Crippen LogP contribution in [0.4, 0.5) is 0 Å². The van der Waals surface area contributed by atoms with Gasteiger partial charge in [-0.25, -0.2) is 0 Å². The molecule has 2 aromatic carbocycles. The summed E-state index contributed by atoms with van der Waals surface area (Å²) in [5.41, 5.74) is 2.15. The Labute approximate surface area is 166 Å². The molecule has 1 aliphatic rings. The molecule has 0 saturated carbocycles. The van der Waals surface area contributed by atoms with Crippen LogP contribution in [0.3, 0.4) is 0 Å². The van der Waals surface area contributed by atoms with Crippen molar-refractivity contribution in [2.75, 3.05) is 13.2 Å². The van der Waals surface area contributed by atoms with Crippen molar-refractivity contribution in [3.63, 3.8) is 0 Å². The summed E-state index contributed by atoms with van der Waals surface area (Å²) in [5.74, 6) is -0.405. The van der Waals surface area contributed by atoms with Crippen LogP contribution in [0.5, 0.6) is 0 Å². The van der Waals surface area contributed by atoms with E-state index in [0.29, 0.717) is 19.7 Å². The van der Waals surface area contributed by atoms with Crippen molar-refractivity contribution in [3.8, 4) is 0 Å². The quantitative estimate of drug-likeness (QED) is 0.674. The molecule has 0 bridgehead atoms. The molecule has 5 nitrogen and oxygen atoms in total. The highest BCUT2D eigenvalue weighted by atomic mass is 16.5. The molecular formula is C23H29NO4. The Balaban J connectivity index is 1.89. The smallest absolute Gasteiger partial charge is 0.326 e. The normalized spacial score (nSPS) is 18.8. The van der Waals surface area contributed by atoms with Crippen molar-refractivity contribution in [2.45, 2.75) is 51.1 Å². The van der Waals surface area contributed by atoms with Crippen LogP contribution in [0.25, 0.3) is 0 Å². The molecule has 0 radical (unpaired) electrons. The maximum atomic E-state index is 12.9. The third-order valence-corrected chi connectivity index (χ3v) is 5.05. The number of carbonyl (C=O) groups excluding carboxylic acids is 1. The Bertz CT molecular complexity index is 674. The van der Waals surface area contributed by atoms with Gasteiger partial charge < -0.3 is 14.6 Å². The van der Waals surface area contributed by atoms with E-state index in [4.69, 9.17) is 9.47 Å². The number of ether oxygens (including phenoxy) is 2. The zero-order chi connectivity index (χ0) is 19.8. The van der Waals surface area contributed by atoms with Gasteiger partial charge in [-0.05, 0) is 30.9 Å². The van der Waals surface area contributed by atoms with Crippen molar-refractivity contribution < 1.29 is 19.4 Å². The molecule has 3 rings (SSSR count). The fourth-order valence-electron chi connectivity index (χ4n) is 3.70. The van der Waals surface area contributed by atoms with Crippen LogP contribution in [-0.2, 0) is 27.4 Å². The van der Waals surface area contributed by atoms with Gasteiger partial charge in [-0.15, -0.1) is 0 Å². The van der Waals surface area contributed by atoms with Gasteiger partial charge in [0.1, 0.15) is 12.1 Å². The van der Waals surface area contributed by atoms with Gasteiger partial charge in [0, 0.05) is 19.7 Å². The van der Waals surface area contributed by atoms with Gasteiger partial charge in [0.05, 0.1) is 12.7 Å². The van der Waals surface area contributed by atoms with Crippen LogP contribution >= 0.6 is 0 Å². The Kier molecular flexibility index (Phi) is 7.60. The summed E-state index contributed by atoms with van der Waals surface area (Å²) in [5, 5.41) is 11.1.